The van der Waals surface area contributed by atoms with Crippen LogP contribution in [0.2, 0.25) is 0 Å². The van der Waals surface area contributed by atoms with Crippen LogP contribution in [-0.4, -0.2) is 31.4 Å². The molecule has 176 valence electrons. The number of benzene rings is 3. The minimum Gasteiger partial charge on any atom is -0.374 e. The number of fused-ring (bicyclic) bond motifs is 2. The molecule has 1 heterocycles. The van der Waals surface area contributed by atoms with Gasteiger partial charge in [0.15, 0.2) is 22.4 Å². The molecule has 0 radical (unpaired) electrons. The molecular weight excluding hydrogens is 484 g/mol. The number of ketones is 2. The average Bonchev–Trinajstić information content (AvgIpc) is 3.22. The summed E-state index contributed by atoms with van der Waals surface area (Å²) >= 11 is 4.91. The Morgan fingerprint density at radius 2 is 1.50 bits per heavy atom. The van der Waals surface area contributed by atoms with Crippen LogP contribution >= 0.6 is 12.2 Å². The van der Waals surface area contributed by atoms with Crippen LogP contribution in [0.5, 0.6) is 0 Å². The number of hydrogen-bond donors (Lipinski definition) is 2. The number of azo groups is 1. The lowest BCUT2D eigenvalue weighted by atomic mass is 9.84. The predicted molar refractivity (Wildman–Crippen MR) is 133 cm³/mol. The largest absolute Gasteiger partial charge is 0.374 e. The molecule has 0 atom stereocenters. The van der Waals surface area contributed by atoms with Crippen molar-refractivity contribution in [3.8, 4) is 11.3 Å². The van der Waals surface area contributed by atoms with Gasteiger partial charge in [0.25, 0.3) is 5.69 Å². The summed E-state index contributed by atoms with van der Waals surface area (Å²) in [4.78, 5) is 49.1. The topological polar surface area (TPSA) is 166 Å². The van der Waals surface area contributed by atoms with E-state index < -0.39 is 10.5 Å². The van der Waals surface area contributed by atoms with Gasteiger partial charge in [0.2, 0.25) is 0 Å². The number of nitrogens with two attached hydrogens (primary N) is 1. The van der Waals surface area contributed by atoms with Gasteiger partial charge >= 0.3 is 5.56 Å². The molecule has 0 aliphatic heterocycles. The average molecular weight is 498 g/mol. The molecule has 1 aromatic heterocycles. The number of nitrogens with zero attached hydrogens (tertiary/aromatic N) is 4. The van der Waals surface area contributed by atoms with E-state index in [-0.39, 0.29) is 50.6 Å². The van der Waals surface area contributed by atoms with Gasteiger partial charge in [-0.1, -0.05) is 24.3 Å². The molecule has 0 fully saturated rings. The fourth-order valence-electron chi connectivity index (χ4n) is 3.88. The van der Waals surface area contributed by atoms with Crippen molar-refractivity contribution < 1.29 is 14.5 Å². The molecule has 4 aromatic rings. The predicted octanol–water partition coefficient (Wildman–Crippen LogP) is 4.03. The van der Waals surface area contributed by atoms with Crippen molar-refractivity contribution >= 4 is 46.0 Å². The second kappa shape index (κ2) is 8.60. The highest BCUT2D eigenvalue weighted by atomic mass is 32.1. The highest BCUT2D eigenvalue weighted by molar-refractivity contribution is 7.80. The van der Waals surface area contributed by atoms with E-state index in [2.05, 4.69) is 15.3 Å². The maximum absolute atomic E-state index is 13.0. The Hall–Kier alpha value is -5.10. The number of nitro groups is 1. The number of carbonyl (C=O) groups excluding carboxylic acids is 2. The van der Waals surface area contributed by atoms with Gasteiger partial charge in [0.05, 0.1) is 16.3 Å². The third-order valence-corrected chi connectivity index (χ3v) is 5.81. The van der Waals surface area contributed by atoms with Crippen molar-refractivity contribution in [1.29, 1.82) is 0 Å². The molecule has 0 bridgehead atoms. The van der Waals surface area contributed by atoms with E-state index in [1.165, 1.54) is 42.5 Å². The molecular formula is C24H14N6O5S. The number of thiocarbonyl (C=S) groups is 1. The zero-order valence-corrected chi connectivity index (χ0v) is 19.0. The molecule has 0 saturated carbocycles. The van der Waals surface area contributed by atoms with Crippen LogP contribution in [-0.2, 0) is 0 Å². The second-order valence-electron chi connectivity index (χ2n) is 7.75. The maximum Gasteiger partial charge on any atom is 0.301 e. The molecule has 3 aromatic carbocycles. The first-order valence-corrected chi connectivity index (χ1v) is 10.8. The van der Waals surface area contributed by atoms with Crippen molar-refractivity contribution in [2.45, 2.75) is 0 Å². The molecule has 11 nitrogen and oxygen atoms in total. The summed E-state index contributed by atoms with van der Waals surface area (Å²) in [5.41, 5.74) is 6.55. The van der Waals surface area contributed by atoms with Gasteiger partial charge in [0, 0.05) is 39.9 Å². The molecule has 5 rings (SSSR count). The number of carbonyl (C=O) groups is 2. The third-order valence-electron chi connectivity index (χ3n) is 5.63. The molecule has 0 unspecified atom stereocenters. The first-order valence-electron chi connectivity index (χ1n) is 10.4. The molecule has 3 N–H and O–H groups in total. The Kier molecular flexibility index (Phi) is 5.42. The fraction of sp³-hybridized carbons (Fsp3) is 0. The molecule has 0 saturated heterocycles. The Morgan fingerprint density at radius 1 is 0.889 bits per heavy atom. The van der Waals surface area contributed by atoms with E-state index in [0.717, 1.165) is 4.68 Å². The van der Waals surface area contributed by atoms with Crippen LogP contribution < -0.4 is 11.3 Å². The highest BCUT2D eigenvalue weighted by Crippen LogP contribution is 2.32. The van der Waals surface area contributed by atoms with Gasteiger partial charge in [0.1, 0.15) is 0 Å². The first-order chi connectivity index (χ1) is 17.3. The van der Waals surface area contributed by atoms with E-state index in [4.69, 9.17) is 18.0 Å². The number of nitrogens with one attached hydrogen (secondary N) is 1. The lowest BCUT2D eigenvalue weighted by Crippen LogP contribution is -2.29. The van der Waals surface area contributed by atoms with Crippen LogP contribution in [0.1, 0.15) is 31.8 Å². The number of rotatable bonds is 4. The molecule has 36 heavy (non-hydrogen) atoms. The Morgan fingerprint density at radius 3 is 2.11 bits per heavy atom. The summed E-state index contributed by atoms with van der Waals surface area (Å²) in [7, 11) is 0. The number of aromatic amines is 1. The highest BCUT2D eigenvalue weighted by Gasteiger charge is 2.29. The number of hydrogen-bond acceptors (Lipinski definition) is 8. The van der Waals surface area contributed by atoms with Crippen molar-refractivity contribution in [1.82, 2.24) is 9.78 Å². The Balaban J connectivity index is 1.56. The van der Waals surface area contributed by atoms with Crippen LogP contribution in [0.25, 0.3) is 11.3 Å². The number of nitro benzene ring substituents is 1. The van der Waals surface area contributed by atoms with Gasteiger partial charge < -0.3 is 5.73 Å². The summed E-state index contributed by atoms with van der Waals surface area (Å²) in [6.07, 6.45) is 0. The number of H-pyrrole nitrogens is 1. The van der Waals surface area contributed by atoms with Crippen molar-refractivity contribution in [3.63, 3.8) is 0 Å². The standard InChI is InChI=1S/C24H14N6O5S/c25-24(36)29-23(33)20(19(28-29)12-5-8-14(9-6-12)30(34)35)27-26-13-7-10-17-18(11-13)22(32)16-4-2-1-3-15(16)21(17)31/h1-11,28H,(H2,25,36). The summed E-state index contributed by atoms with van der Waals surface area (Å²) in [6, 6.07) is 16.4. The number of aromatic nitrogens is 2. The van der Waals surface area contributed by atoms with E-state index >= 15 is 0 Å². The normalized spacial score (nSPS) is 12.4. The molecule has 0 amide bonds. The SMILES string of the molecule is NC(=S)n1[nH]c(-c2ccc([N+](=O)[O-])cc2)c(N=Nc2ccc3c(c2)C(=O)c2ccccc2C3=O)c1=O. The molecule has 12 heteroatoms. The summed E-state index contributed by atoms with van der Waals surface area (Å²) in [5.74, 6) is -0.588. The minimum atomic E-state index is -0.683. The van der Waals surface area contributed by atoms with Gasteiger partial charge in [-0.25, -0.2) is 0 Å². The first kappa shape index (κ1) is 22.7. The van der Waals surface area contributed by atoms with Crippen LogP contribution in [0.3, 0.4) is 0 Å². The molecule has 0 spiro atoms. The van der Waals surface area contributed by atoms with E-state index in [9.17, 15) is 24.5 Å². The zero-order chi connectivity index (χ0) is 25.6. The van der Waals surface area contributed by atoms with E-state index in [1.807, 2.05) is 0 Å². The molecule has 1 aliphatic rings. The smallest absolute Gasteiger partial charge is 0.301 e. The monoisotopic (exact) mass is 498 g/mol. The van der Waals surface area contributed by atoms with Gasteiger partial charge in [-0.15, -0.1) is 5.11 Å². The van der Waals surface area contributed by atoms with Crippen molar-refractivity contribution in [2.24, 2.45) is 16.0 Å². The third kappa shape index (κ3) is 3.71. The summed E-state index contributed by atoms with van der Waals surface area (Å²) in [6.45, 7) is 0. The van der Waals surface area contributed by atoms with Gasteiger partial charge in [-0.2, -0.15) is 9.80 Å². The Labute approximate surface area is 207 Å². The quantitative estimate of drug-likeness (QED) is 0.163. The van der Waals surface area contributed by atoms with E-state index in [0.29, 0.717) is 16.7 Å². The minimum absolute atomic E-state index is 0.132. The van der Waals surface area contributed by atoms with Crippen molar-refractivity contribution in [2.75, 3.05) is 0 Å². The summed E-state index contributed by atoms with van der Waals surface area (Å²) < 4.78 is 0.895. The zero-order valence-electron chi connectivity index (χ0n) is 18.2. The van der Waals surface area contributed by atoms with E-state index in [1.54, 1.807) is 24.3 Å². The maximum atomic E-state index is 13.0. The molecule has 1 aliphatic carbocycles. The second-order valence-corrected chi connectivity index (χ2v) is 8.17. The lowest BCUT2D eigenvalue weighted by Gasteiger charge is -2.17. The van der Waals surface area contributed by atoms with Crippen LogP contribution in [0, 0.1) is 10.1 Å². The van der Waals surface area contributed by atoms with Crippen molar-refractivity contribution in [3.05, 3.63) is 109 Å². The van der Waals surface area contributed by atoms with Crippen LogP contribution in [0.15, 0.2) is 81.8 Å². The summed E-state index contributed by atoms with van der Waals surface area (Å²) in [5, 5.41) is 21.6. The lowest BCUT2D eigenvalue weighted by molar-refractivity contribution is -0.384. The van der Waals surface area contributed by atoms with Gasteiger partial charge in [-0.05, 0) is 42.5 Å². The Bertz CT molecular complexity index is 1700. The van der Waals surface area contributed by atoms with Crippen LogP contribution in [0.4, 0.5) is 17.1 Å². The number of non-ortho nitro benzene ring substituents is 1. The van der Waals surface area contributed by atoms with Gasteiger partial charge in [-0.3, -0.25) is 29.6 Å². The fourth-order valence-corrected chi connectivity index (χ4v) is 4.01.